The van der Waals surface area contributed by atoms with Crippen molar-refractivity contribution in [3.63, 3.8) is 0 Å². The highest BCUT2D eigenvalue weighted by molar-refractivity contribution is 9.10. The molecular formula is C22H25BrCl2N2O2S. The second-order valence-corrected chi connectivity index (χ2v) is 9.38. The highest BCUT2D eigenvalue weighted by Crippen LogP contribution is 2.27. The third-order valence-electron chi connectivity index (χ3n) is 4.53. The SMILES string of the molecule is CCNC(=O)[C@H](CC)N(Cc1c(Cl)cccc1Cl)C(=O)CSCc1ccc(Br)cc1. The van der Waals surface area contributed by atoms with Crippen LogP contribution < -0.4 is 5.32 Å². The molecule has 2 amide bonds. The van der Waals surface area contributed by atoms with E-state index in [1.807, 2.05) is 38.1 Å². The van der Waals surface area contributed by atoms with Crippen LogP contribution in [0.15, 0.2) is 46.9 Å². The van der Waals surface area contributed by atoms with Gasteiger partial charge in [-0.15, -0.1) is 11.8 Å². The molecule has 0 aliphatic heterocycles. The Morgan fingerprint density at radius 3 is 2.30 bits per heavy atom. The van der Waals surface area contributed by atoms with Crippen molar-refractivity contribution in [2.45, 2.75) is 38.6 Å². The summed E-state index contributed by atoms with van der Waals surface area (Å²) in [5.41, 5.74) is 1.78. The molecule has 4 nitrogen and oxygen atoms in total. The van der Waals surface area contributed by atoms with Crippen molar-refractivity contribution in [2.24, 2.45) is 0 Å². The van der Waals surface area contributed by atoms with Gasteiger partial charge < -0.3 is 10.2 Å². The van der Waals surface area contributed by atoms with E-state index in [2.05, 4.69) is 21.2 Å². The van der Waals surface area contributed by atoms with Gasteiger partial charge in [-0.05, 0) is 43.2 Å². The molecule has 0 heterocycles. The minimum absolute atomic E-state index is 0.119. The van der Waals surface area contributed by atoms with Crippen LogP contribution in [0.4, 0.5) is 0 Å². The number of hydrogen-bond acceptors (Lipinski definition) is 3. The summed E-state index contributed by atoms with van der Waals surface area (Å²) in [4.78, 5) is 27.4. The third-order valence-corrected chi connectivity index (χ3v) is 6.76. The van der Waals surface area contributed by atoms with Crippen molar-refractivity contribution in [1.29, 1.82) is 0 Å². The van der Waals surface area contributed by atoms with Gasteiger partial charge in [0.2, 0.25) is 11.8 Å². The summed E-state index contributed by atoms with van der Waals surface area (Å²) in [5.74, 6) is 0.673. The molecular weight excluding hydrogens is 507 g/mol. The molecule has 0 aliphatic carbocycles. The molecule has 0 bridgehead atoms. The summed E-state index contributed by atoms with van der Waals surface area (Å²) < 4.78 is 1.02. The number of hydrogen-bond donors (Lipinski definition) is 1. The molecule has 0 fully saturated rings. The maximum Gasteiger partial charge on any atom is 0.242 e. The Morgan fingerprint density at radius 2 is 1.73 bits per heavy atom. The lowest BCUT2D eigenvalue weighted by molar-refractivity contribution is -0.139. The Bertz CT molecular complexity index is 844. The smallest absolute Gasteiger partial charge is 0.242 e. The van der Waals surface area contributed by atoms with E-state index in [1.54, 1.807) is 23.1 Å². The van der Waals surface area contributed by atoms with Gasteiger partial charge in [0.25, 0.3) is 0 Å². The van der Waals surface area contributed by atoms with Crippen LogP contribution in [0.25, 0.3) is 0 Å². The Labute approximate surface area is 200 Å². The Kier molecular flexibility index (Phi) is 10.5. The number of amides is 2. The van der Waals surface area contributed by atoms with Crippen LogP contribution in [0.2, 0.25) is 10.0 Å². The molecule has 0 saturated heterocycles. The summed E-state index contributed by atoms with van der Waals surface area (Å²) in [7, 11) is 0. The van der Waals surface area contributed by atoms with Crippen LogP contribution in [0.5, 0.6) is 0 Å². The van der Waals surface area contributed by atoms with E-state index in [0.717, 1.165) is 10.0 Å². The fraction of sp³-hybridized carbons (Fsp3) is 0.364. The summed E-state index contributed by atoms with van der Waals surface area (Å²) in [5, 5.41) is 3.78. The fourth-order valence-corrected chi connectivity index (χ4v) is 4.64. The maximum atomic E-state index is 13.2. The standard InChI is InChI=1S/C22H25BrCl2N2O2S/c1-3-20(22(29)26-4-2)27(12-17-18(24)6-5-7-19(17)25)21(28)14-30-13-15-8-10-16(23)11-9-15/h5-11,20H,3-4,12-14H2,1-2H3,(H,26,29)/t20-/m0/s1. The van der Waals surface area contributed by atoms with Gasteiger partial charge in [0.1, 0.15) is 6.04 Å². The molecule has 0 aromatic heterocycles. The lowest BCUT2D eigenvalue weighted by atomic mass is 10.1. The number of halogens is 3. The summed E-state index contributed by atoms with van der Waals surface area (Å²) >= 11 is 17.6. The summed E-state index contributed by atoms with van der Waals surface area (Å²) in [6.07, 6.45) is 0.497. The van der Waals surface area contributed by atoms with Crippen LogP contribution in [0, 0.1) is 0 Å². The zero-order valence-electron chi connectivity index (χ0n) is 17.0. The summed E-state index contributed by atoms with van der Waals surface area (Å²) in [6.45, 7) is 4.44. The minimum atomic E-state index is -0.585. The molecule has 0 saturated carbocycles. The number of thioether (sulfide) groups is 1. The van der Waals surface area contributed by atoms with Crippen LogP contribution in [0.3, 0.4) is 0 Å². The van der Waals surface area contributed by atoms with E-state index in [4.69, 9.17) is 23.2 Å². The molecule has 0 aliphatic rings. The topological polar surface area (TPSA) is 49.4 Å². The largest absolute Gasteiger partial charge is 0.355 e. The molecule has 162 valence electrons. The van der Waals surface area contributed by atoms with E-state index >= 15 is 0 Å². The molecule has 0 radical (unpaired) electrons. The zero-order chi connectivity index (χ0) is 22.1. The van der Waals surface area contributed by atoms with Crippen molar-refractivity contribution in [3.05, 3.63) is 68.1 Å². The number of nitrogens with zero attached hydrogens (tertiary/aromatic N) is 1. The van der Waals surface area contributed by atoms with Gasteiger partial charge in [0.15, 0.2) is 0 Å². The van der Waals surface area contributed by atoms with E-state index < -0.39 is 6.04 Å². The number of benzene rings is 2. The molecule has 1 N–H and O–H groups in total. The average Bonchev–Trinajstić information content (AvgIpc) is 2.71. The van der Waals surface area contributed by atoms with E-state index in [-0.39, 0.29) is 24.1 Å². The monoisotopic (exact) mass is 530 g/mol. The second kappa shape index (κ2) is 12.6. The molecule has 30 heavy (non-hydrogen) atoms. The second-order valence-electron chi connectivity index (χ2n) is 6.66. The van der Waals surface area contributed by atoms with E-state index in [9.17, 15) is 9.59 Å². The average molecular weight is 532 g/mol. The van der Waals surface area contributed by atoms with Gasteiger partial charge in [-0.1, -0.05) is 64.3 Å². The Morgan fingerprint density at radius 1 is 1.10 bits per heavy atom. The van der Waals surface area contributed by atoms with Crippen LogP contribution in [-0.4, -0.2) is 35.1 Å². The van der Waals surface area contributed by atoms with Gasteiger partial charge in [-0.25, -0.2) is 0 Å². The first-order valence-electron chi connectivity index (χ1n) is 9.69. The first kappa shape index (κ1) is 25.1. The van der Waals surface area contributed by atoms with Crippen molar-refractivity contribution in [3.8, 4) is 0 Å². The molecule has 2 rings (SSSR count). The van der Waals surface area contributed by atoms with Gasteiger partial charge in [0, 0.05) is 38.9 Å². The van der Waals surface area contributed by atoms with E-state index in [0.29, 0.717) is 34.3 Å². The summed E-state index contributed by atoms with van der Waals surface area (Å²) in [6, 6.07) is 12.6. The zero-order valence-corrected chi connectivity index (χ0v) is 20.9. The first-order chi connectivity index (χ1) is 14.4. The number of carbonyl (C=O) groups is 2. The normalized spacial score (nSPS) is 11.8. The fourth-order valence-electron chi connectivity index (χ4n) is 2.99. The van der Waals surface area contributed by atoms with Crippen LogP contribution >= 0.6 is 50.9 Å². The Hall–Kier alpha value is -1.21. The highest BCUT2D eigenvalue weighted by atomic mass is 79.9. The van der Waals surface area contributed by atoms with Crippen LogP contribution in [0.1, 0.15) is 31.4 Å². The number of rotatable bonds is 10. The first-order valence-corrected chi connectivity index (χ1v) is 12.4. The van der Waals surface area contributed by atoms with Crippen molar-refractivity contribution >= 4 is 62.7 Å². The van der Waals surface area contributed by atoms with Gasteiger partial charge in [0.05, 0.1) is 5.75 Å². The predicted octanol–water partition coefficient (Wildman–Crippen LogP) is 5.93. The number of nitrogens with one attached hydrogen (secondary N) is 1. The molecule has 1 atom stereocenters. The number of likely N-dealkylation sites (N-methyl/N-ethyl adjacent to an activating group) is 1. The van der Waals surface area contributed by atoms with Gasteiger partial charge >= 0.3 is 0 Å². The molecule has 2 aromatic carbocycles. The van der Waals surface area contributed by atoms with Crippen LogP contribution in [-0.2, 0) is 21.9 Å². The molecule has 0 spiro atoms. The van der Waals surface area contributed by atoms with Crippen molar-refractivity contribution in [1.82, 2.24) is 10.2 Å². The lowest BCUT2D eigenvalue weighted by Gasteiger charge is -2.31. The molecule has 2 aromatic rings. The molecule has 8 heteroatoms. The number of carbonyl (C=O) groups excluding carboxylic acids is 2. The van der Waals surface area contributed by atoms with E-state index in [1.165, 1.54) is 11.8 Å². The third kappa shape index (κ3) is 7.19. The quantitative estimate of drug-likeness (QED) is 0.413. The maximum absolute atomic E-state index is 13.2. The van der Waals surface area contributed by atoms with Crippen molar-refractivity contribution in [2.75, 3.05) is 12.3 Å². The van der Waals surface area contributed by atoms with Gasteiger partial charge in [-0.2, -0.15) is 0 Å². The molecule has 0 unspecified atom stereocenters. The predicted molar refractivity (Wildman–Crippen MR) is 130 cm³/mol. The van der Waals surface area contributed by atoms with Crippen molar-refractivity contribution < 1.29 is 9.59 Å². The lowest BCUT2D eigenvalue weighted by Crippen LogP contribution is -2.49. The Balaban J connectivity index is 2.17. The highest BCUT2D eigenvalue weighted by Gasteiger charge is 2.29. The van der Waals surface area contributed by atoms with Gasteiger partial charge in [-0.3, -0.25) is 9.59 Å². The minimum Gasteiger partial charge on any atom is -0.355 e.